The van der Waals surface area contributed by atoms with Crippen LogP contribution in [0.4, 0.5) is 0 Å². The molecule has 0 saturated carbocycles. The Kier molecular flexibility index (Phi) is 9.00. The summed E-state index contributed by atoms with van der Waals surface area (Å²) in [5.74, 6) is 0.362. The average Bonchev–Trinajstić information content (AvgIpc) is 2.72. The lowest BCUT2D eigenvalue weighted by molar-refractivity contribution is -0.143. The fourth-order valence-corrected chi connectivity index (χ4v) is 3.10. The van der Waals surface area contributed by atoms with E-state index >= 15 is 0 Å². The van der Waals surface area contributed by atoms with Crippen LogP contribution in [0.3, 0.4) is 0 Å². The number of benzene rings is 2. The first-order valence-corrected chi connectivity index (χ1v) is 10.3. The molecule has 6 heteroatoms. The Morgan fingerprint density at radius 1 is 1.07 bits per heavy atom. The zero-order chi connectivity index (χ0) is 21.2. The van der Waals surface area contributed by atoms with Gasteiger partial charge in [-0.15, -0.1) is 0 Å². The van der Waals surface area contributed by atoms with Crippen molar-refractivity contribution in [2.45, 2.75) is 39.8 Å². The van der Waals surface area contributed by atoms with Gasteiger partial charge in [-0.3, -0.25) is 9.59 Å². The molecule has 0 radical (unpaired) electrons. The van der Waals surface area contributed by atoms with Crippen LogP contribution in [-0.2, 0) is 16.1 Å². The minimum atomic E-state index is -0.573. The molecule has 0 saturated heterocycles. The number of nitrogens with one attached hydrogen (secondary N) is 1. The van der Waals surface area contributed by atoms with Gasteiger partial charge >= 0.3 is 0 Å². The monoisotopic (exact) mass is 416 g/mol. The van der Waals surface area contributed by atoms with Crippen LogP contribution in [0.25, 0.3) is 0 Å². The fourth-order valence-electron chi connectivity index (χ4n) is 2.91. The van der Waals surface area contributed by atoms with Gasteiger partial charge in [0.2, 0.25) is 5.91 Å². The van der Waals surface area contributed by atoms with Gasteiger partial charge < -0.3 is 15.0 Å². The molecule has 0 aliphatic carbocycles. The molecule has 2 aromatic carbocycles. The highest BCUT2D eigenvalue weighted by Crippen LogP contribution is 2.23. The number of nitrogens with zero attached hydrogens (tertiary/aromatic N) is 1. The van der Waals surface area contributed by atoms with Crippen LogP contribution in [-0.4, -0.2) is 35.9 Å². The van der Waals surface area contributed by atoms with E-state index in [4.69, 9.17) is 16.3 Å². The van der Waals surface area contributed by atoms with E-state index in [1.807, 2.05) is 51.1 Å². The number of para-hydroxylation sites is 1. The second-order valence-corrected chi connectivity index (χ2v) is 7.70. The van der Waals surface area contributed by atoms with Crippen molar-refractivity contribution in [1.82, 2.24) is 10.2 Å². The quantitative estimate of drug-likeness (QED) is 0.628. The van der Waals surface area contributed by atoms with Crippen molar-refractivity contribution in [3.8, 4) is 5.75 Å². The van der Waals surface area contributed by atoms with E-state index in [0.717, 1.165) is 5.56 Å². The maximum absolute atomic E-state index is 13.1. The summed E-state index contributed by atoms with van der Waals surface area (Å²) in [7, 11) is 0. The summed E-state index contributed by atoms with van der Waals surface area (Å²) in [5, 5.41) is 3.38. The summed E-state index contributed by atoms with van der Waals surface area (Å²) in [6, 6.07) is 16.1. The predicted molar refractivity (Wildman–Crippen MR) is 116 cm³/mol. The van der Waals surface area contributed by atoms with E-state index in [9.17, 15) is 9.59 Å². The number of halogens is 1. The van der Waals surface area contributed by atoms with Crippen LogP contribution in [0, 0.1) is 5.92 Å². The molecule has 0 heterocycles. The zero-order valence-corrected chi connectivity index (χ0v) is 18.0. The topological polar surface area (TPSA) is 58.6 Å². The molecule has 0 bridgehead atoms. The van der Waals surface area contributed by atoms with Crippen molar-refractivity contribution in [2.24, 2.45) is 5.92 Å². The Labute approximate surface area is 178 Å². The number of carbonyl (C=O) groups is 2. The molecule has 0 aliphatic rings. The molecule has 0 spiro atoms. The van der Waals surface area contributed by atoms with Gasteiger partial charge in [0.1, 0.15) is 11.8 Å². The van der Waals surface area contributed by atoms with Gasteiger partial charge in [-0.25, -0.2) is 0 Å². The number of ether oxygens (including phenoxy) is 1. The number of rotatable bonds is 10. The van der Waals surface area contributed by atoms with Crippen molar-refractivity contribution in [2.75, 3.05) is 13.2 Å². The minimum Gasteiger partial charge on any atom is -0.482 e. The Morgan fingerprint density at radius 2 is 1.72 bits per heavy atom. The summed E-state index contributed by atoms with van der Waals surface area (Å²) >= 11 is 6.11. The molecule has 5 nitrogen and oxygen atoms in total. The van der Waals surface area contributed by atoms with Crippen molar-refractivity contribution in [3.63, 3.8) is 0 Å². The standard InChI is InChI=1S/C23H29ClN2O3/c1-4-20(23(28)25-14-17(2)3)26(15-18-10-6-5-7-11-18)22(27)16-29-21-13-9-8-12-19(21)24/h5-13,17,20H,4,14-16H2,1-3H3,(H,25,28). The highest BCUT2D eigenvalue weighted by molar-refractivity contribution is 6.32. The van der Waals surface area contributed by atoms with E-state index in [0.29, 0.717) is 36.2 Å². The van der Waals surface area contributed by atoms with Crippen molar-refractivity contribution in [3.05, 3.63) is 65.2 Å². The predicted octanol–water partition coefficient (Wildman–Crippen LogP) is 4.30. The normalized spacial score (nSPS) is 11.8. The SMILES string of the molecule is CCC(C(=O)NCC(C)C)N(Cc1ccccc1)C(=O)COc1ccccc1Cl. The largest absolute Gasteiger partial charge is 0.482 e. The molecule has 1 atom stereocenters. The van der Waals surface area contributed by atoms with Crippen LogP contribution in [0.1, 0.15) is 32.8 Å². The molecule has 2 amide bonds. The number of hydrogen-bond acceptors (Lipinski definition) is 3. The summed E-state index contributed by atoms with van der Waals surface area (Å²) in [6.45, 7) is 6.68. The van der Waals surface area contributed by atoms with E-state index in [1.165, 1.54) is 0 Å². The van der Waals surface area contributed by atoms with Crippen molar-refractivity contribution in [1.29, 1.82) is 0 Å². The summed E-state index contributed by atoms with van der Waals surface area (Å²) in [4.78, 5) is 27.4. The second-order valence-electron chi connectivity index (χ2n) is 7.29. The fraction of sp³-hybridized carbons (Fsp3) is 0.391. The maximum Gasteiger partial charge on any atom is 0.261 e. The average molecular weight is 417 g/mol. The molecule has 2 rings (SSSR count). The van der Waals surface area contributed by atoms with Gasteiger partial charge in [-0.1, -0.05) is 74.8 Å². The lowest BCUT2D eigenvalue weighted by Crippen LogP contribution is -2.50. The lowest BCUT2D eigenvalue weighted by Gasteiger charge is -2.30. The van der Waals surface area contributed by atoms with Crippen LogP contribution < -0.4 is 10.1 Å². The minimum absolute atomic E-state index is 0.150. The molecule has 1 N–H and O–H groups in total. The second kappa shape index (κ2) is 11.5. The Morgan fingerprint density at radius 3 is 2.34 bits per heavy atom. The molecule has 2 aromatic rings. The molecule has 0 aliphatic heterocycles. The summed E-state index contributed by atoms with van der Waals surface area (Å²) in [5.41, 5.74) is 0.953. The van der Waals surface area contributed by atoms with Crippen LogP contribution in [0.2, 0.25) is 5.02 Å². The number of carbonyl (C=O) groups excluding carboxylic acids is 2. The maximum atomic E-state index is 13.1. The number of amides is 2. The molecule has 0 fully saturated rings. The van der Waals surface area contributed by atoms with Crippen molar-refractivity contribution < 1.29 is 14.3 Å². The Hall–Kier alpha value is -2.53. The van der Waals surface area contributed by atoms with Gasteiger partial charge in [-0.05, 0) is 30.0 Å². The molecular weight excluding hydrogens is 388 g/mol. The highest BCUT2D eigenvalue weighted by Gasteiger charge is 2.29. The Bertz CT molecular complexity index is 796. The number of hydrogen-bond donors (Lipinski definition) is 1. The lowest BCUT2D eigenvalue weighted by atomic mass is 10.1. The highest BCUT2D eigenvalue weighted by atomic mass is 35.5. The zero-order valence-electron chi connectivity index (χ0n) is 17.2. The molecule has 29 heavy (non-hydrogen) atoms. The van der Waals surface area contributed by atoms with E-state index in [2.05, 4.69) is 5.32 Å². The van der Waals surface area contributed by atoms with Gasteiger partial charge in [-0.2, -0.15) is 0 Å². The molecule has 0 aromatic heterocycles. The van der Waals surface area contributed by atoms with Gasteiger partial charge in [0.15, 0.2) is 6.61 Å². The Balaban J connectivity index is 2.17. The first-order valence-electron chi connectivity index (χ1n) is 9.90. The third-order valence-electron chi connectivity index (χ3n) is 4.45. The third-order valence-corrected chi connectivity index (χ3v) is 4.77. The van der Waals surface area contributed by atoms with Gasteiger partial charge in [0, 0.05) is 13.1 Å². The summed E-state index contributed by atoms with van der Waals surface area (Å²) in [6.07, 6.45) is 0.509. The molecular formula is C23H29ClN2O3. The van der Waals surface area contributed by atoms with Crippen LogP contribution >= 0.6 is 11.6 Å². The van der Waals surface area contributed by atoms with Gasteiger partial charge in [0.25, 0.3) is 5.91 Å². The molecule has 156 valence electrons. The van der Waals surface area contributed by atoms with Gasteiger partial charge in [0.05, 0.1) is 5.02 Å². The van der Waals surface area contributed by atoms with Crippen LogP contribution in [0.15, 0.2) is 54.6 Å². The first-order chi connectivity index (χ1) is 13.9. The first kappa shape index (κ1) is 22.8. The van der Waals surface area contributed by atoms with Crippen molar-refractivity contribution >= 4 is 23.4 Å². The molecule has 1 unspecified atom stereocenters. The summed E-state index contributed by atoms with van der Waals surface area (Å²) < 4.78 is 5.63. The van der Waals surface area contributed by atoms with Crippen LogP contribution in [0.5, 0.6) is 5.75 Å². The third kappa shape index (κ3) is 7.09. The van der Waals surface area contributed by atoms with E-state index in [-0.39, 0.29) is 18.4 Å². The smallest absolute Gasteiger partial charge is 0.261 e. The van der Waals surface area contributed by atoms with E-state index in [1.54, 1.807) is 29.2 Å². The van der Waals surface area contributed by atoms with E-state index < -0.39 is 6.04 Å².